The Kier molecular flexibility index (Phi) is 5.82. The predicted molar refractivity (Wildman–Crippen MR) is 77.1 cm³/mol. The molecule has 1 aromatic rings. The van der Waals surface area contributed by atoms with E-state index in [0.29, 0.717) is 0 Å². The van der Waals surface area contributed by atoms with Gasteiger partial charge in [0.1, 0.15) is 5.82 Å². The van der Waals surface area contributed by atoms with E-state index in [1.54, 1.807) is 13.8 Å². The Morgan fingerprint density at radius 1 is 1.38 bits per heavy atom. The molecule has 0 atom stereocenters. The maximum Gasteiger partial charge on any atom is 0.243 e. The van der Waals surface area contributed by atoms with Crippen LogP contribution in [0.25, 0.3) is 0 Å². The van der Waals surface area contributed by atoms with Crippen molar-refractivity contribution in [2.24, 2.45) is 17.4 Å². The highest BCUT2D eigenvalue weighted by molar-refractivity contribution is 7.89. The van der Waals surface area contributed by atoms with Crippen LogP contribution in [0.5, 0.6) is 0 Å². The molecule has 0 saturated heterocycles. The van der Waals surface area contributed by atoms with Gasteiger partial charge in [-0.15, -0.1) is 0 Å². The Bertz CT molecular complexity index is 617. The number of nitrogens with two attached hydrogens (primary N) is 2. The van der Waals surface area contributed by atoms with Crippen molar-refractivity contribution in [2.45, 2.75) is 25.3 Å². The first-order chi connectivity index (χ1) is 9.70. The lowest BCUT2D eigenvalue weighted by Crippen LogP contribution is -2.41. The molecule has 0 fully saturated rings. The fourth-order valence-electron chi connectivity index (χ4n) is 1.95. The Morgan fingerprint density at radius 3 is 2.48 bits per heavy atom. The third-order valence-electron chi connectivity index (χ3n) is 2.80. The number of halogens is 1. The molecule has 0 heterocycles. The molecular weight excluding hydrogens is 297 g/mol. The van der Waals surface area contributed by atoms with Crippen LogP contribution in [-0.4, -0.2) is 31.7 Å². The molecule has 0 spiro atoms. The number of amides is 1. The minimum absolute atomic E-state index is 0.0194. The number of carbonyl (C=O) groups excluding carboxylic acids is 1. The number of sulfonamides is 1. The largest absolute Gasteiger partial charge is 0.369 e. The molecule has 6 nitrogen and oxygen atoms in total. The third-order valence-corrected chi connectivity index (χ3v) is 4.70. The number of nitrogens with zero attached hydrogens (tertiary/aromatic N) is 1. The van der Waals surface area contributed by atoms with Crippen LogP contribution in [0.1, 0.15) is 19.4 Å². The van der Waals surface area contributed by atoms with Gasteiger partial charge < -0.3 is 11.5 Å². The fraction of sp³-hybridized carbons (Fsp3) is 0.462. The molecular formula is C13H20FN3O3S. The number of benzene rings is 1. The number of hydrogen-bond acceptors (Lipinski definition) is 4. The molecule has 0 radical (unpaired) electrons. The third kappa shape index (κ3) is 4.23. The minimum Gasteiger partial charge on any atom is -0.369 e. The first-order valence-corrected chi connectivity index (χ1v) is 7.90. The van der Waals surface area contributed by atoms with E-state index in [2.05, 4.69) is 0 Å². The lowest BCUT2D eigenvalue weighted by molar-refractivity contribution is -0.118. The van der Waals surface area contributed by atoms with Crippen LogP contribution >= 0.6 is 0 Å². The fourth-order valence-corrected chi connectivity index (χ4v) is 3.76. The number of primary amides is 1. The number of hydrogen-bond donors (Lipinski definition) is 2. The van der Waals surface area contributed by atoms with Crippen LogP contribution in [0.15, 0.2) is 23.1 Å². The molecule has 0 aliphatic heterocycles. The molecule has 1 aromatic carbocycles. The van der Waals surface area contributed by atoms with Gasteiger partial charge in [0.2, 0.25) is 15.9 Å². The number of carbonyl (C=O) groups is 1. The Labute approximate surface area is 124 Å². The SMILES string of the molecule is CC(C)CN(CC(N)=O)S(=O)(=O)c1cccc(F)c1CN. The zero-order valence-corrected chi connectivity index (χ0v) is 12.9. The molecule has 1 amide bonds. The van der Waals surface area contributed by atoms with Crippen molar-refractivity contribution >= 4 is 15.9 Å². The number of rotatable bonds is 7. The van der Waals surface area contributed by atoms with Crippen molar-refractivity contribution in [2.75, 3.05) is 13.1 Å². The van der Waals surface area contributed by atoms with Gasteiger partial charge in [0.15, 0.2) is 0 Å². The topological polar surface area (TPSA) is 106 Å². The summed E-state index contributed by atoms with van der Waals surface area (Å²) in [5.74, 6) is -1.49. The van der Waals surface area contributed by atoms with Gasteiger partial charge in [0, 0.05) is 18.7 Å². The van der Waals surface area contributed by atoms with Gasteiger partial charge in [-0.05, 0) is 18.1 Å². The van der Waals surface area contributed by atoms with Crippen LogP contribution in [0, 0.1) is 11.7 Å². The van der Waals surface area contributed by atoms with Crippen molar-refractivity contribution in [1.29, 1.82) is 0 Å². The van der Waals surface area contributed by atoms with E-state index >= 15 is 0 Å². The van der Waals surface area contributed by atoms with Gasteiger partial charge in [-0.1, -0.05) is 19.9 Å². The summed E-state index contributed by atoms with van der Waals surface area (Å²) in [7, 11) is -4.04. The molecule has 1 rings (SSSR count). The van der Waals surface area contributed by atoms with Gasteiger partial charge in [-0.2, -0.15) is 4.31 Å². The molecule has 4 N–H and O–H groups in total. The highest BCUT2D eigenvalue weighted by Gasteiger charge is 2.29. The lowest BCUT2D eigenvalue weighted by Gasteiger charge is -2.23. The molecule has 118 valence electrons. The maximum absolute atomic E-state index is 13.7. The molecule has 8 heteroatoms. The summed E-state index contributed by atoms with van der Waals surface area (Å²) in [6.45, 7) is 3.00. The highest BCUT2D eigenvalue weighted by Crippen LogP contribution is 2.23. The average Bonchev–Trinajstić information content (AvgIpc) is 2.36. The van der Waals surface area contributed by atoms with E-state index < -0.39 is 28.3 Å². The molecule has 0 saturated carbocycles. The normalized spacial score (nSPS) is 12.1. The van der Waals surface area contributed by atoms with Crippen LogP contribution in [0.3, 0.4) is 0 Å². The quantitative estimate of drug-likeness (QED) is 0.760. The zero-order valence-electron chi connectivity index (χ0n) is 12.0. The Morgan fingerprint density at radius 2 is 2.00 bits per heavy atom. The van der Waals surface area contributed by atoms with Gasteiger partial charge in [0.25, 0.3) is 0 Å². The predicted octanol–water partition coefficient (Wildman–Crippen LogP) is 0.416. The summed E-state index contributed by atoms with van der Waals surface area (Å²) in [5, 5.41) is 0. The van der Waals surface area contributed by atoms with E-state index in [-0.39, 0.29) is 29.5 Å². The summed E-state index contributed by atoms with van der Waals surface area (Å²) in [5.41, 5.74) is 10.4. The van der Waals surface area contributed by atoms with Crippen molar-refractivity contribution < 1.29 is 17.6 Å². The smallest absolute Gasteiger partial charge is 0.243 e. The summed E-state index contributed by atoms with van der Waals surface area (Å²) < 4.78 is 39.9. The second-order valence-electron chi connectivity index (χ2n) is 5.08. The van der Waals surface area contributed by atoms with E-state index in [4.69, 9.17) is 11.5 Å². The molecule has 0 aliphatic carbocycles. The maximum atomic E-state index is 13.7. The second-order valence-corrected chi connectivity index (χ2v) is 6.98. The van der Waals surface area contributed by atoms with Crippen LogP contribution in [0.2, 0.25) is 0 Å². The second kappa shape index (κ2) is 6.97. The Hall–Kier alpha value is -1.51. The van der Waals surface area contributed by atoms with Crippen molar-refractivity contribution in [3.05, 3.63) is 29.6 Å². The van der Waals surface area contributed by atoms with Crippen LogP contribution in [-0.2, 0) is 21.4 Å². The molecule has 0 aliphatic rings. The standard InChI is InChI=1S/C13H20FN3O3S/c1-9(2)7-17(8-13(16)18)21(19,20)12-5-3-4-11(14)10(12)6-15/h3-5,9H,6-8,15H2,1-2H3,(H2,16,18). The summed E-state index contributed by atoms with van der Waals surface area (Å²) in [4.78, 5) is 10.9. The monoisotopic (exact) mass is 317 g/mol. The van der Waals surface area contributed by atoms with Gasteiger partial charge >= 0.3 is 0 Å². The molecule has 0 aromatic heterocycles. The summed E-state index contributed by atoms with van der Waals surface area (Å²) in [6.07, 6.45) is 0. The summed E-state index contributed by atoms with van der Waals surface area (Å²) in [6, 6.07) is 3.70. The lowest BCUT2D eigenvalue weighted by atomic mass is 10.2. The van der Waals surface area contributed by atoms with E-state index in [0.717, 1.165) is 10.4 Å². The Balaban J connectivity index is 3.35. The van der Waals surface area contributed by atoms with E-state index in [1.165, 1.54) is 12.1 Å². The zero-order chi connectivity index (χ0) is 16.2. The van der Waals surface area contributed by atoms with Gasteiger partial charge in [-0.3, -0.25) is 4.79 Å². The van der Waals surface area contributed by atoms with Crippen LogP contribution < -0.4 is 11.5 Å². The van der Waals surface area contributed by atoms with Crippen LogP contribution in [0.4, 0.5) is 4.39 Å². The first kappa shape index (κ1) is 17.5. The molecule has 0 unspecified atom stereocenters. The minimum atomic E-state index is -4.04. The highest BCUT2D eigenvalue weighted by atomic mass is 32.2. The summed E-state index contributed by atoms with van der Waals surface area (Å²) >= 11 is 0. The average molecular weight is 317 g/mol. The van der Waals surface area contributed by atoms with E-state index in [1.807, 2.05) is 0 Å². The van der Waals surface area contributed by atoms with E-state index in [9.17, 15) is 17.6 Å². The first-order valence-electron chi connectivity index (χ1n) is 6.46. The molecule has 21 heavy (non-hydrogen) atoms. The van der Waals surface area contributed by atoms with Crippen molar-refractivity contribution in [3.63, 3.8) is 0 Å². The molecule has 0 bridgehead atoms. The van der Waals surface area contributed by atoms with Crippen molar-refractivity contribution in [3.8, 4) is 0 Å². The van der Waals surface area contributed by atoms with Crippen molar-refractivity contribution in [1.82, 2.24) is 4.31 Å². The van der Waals surface area contributed by atoms with Gasteiger partial charge in [0.05, 0.1) is 11.4 Å². The van der Waals surface area contributed by atoms with Gasteiger partial charge in [-0.25, -0.2) is 12.8 Å².